The van der Waals surface area contributed by atoms with E-state index in [0.717, 1.165) is 43.2 Å². The van der Waals surface area contributed by atoms with Crippen LogP contribution in [-0.4, -0.2) is 21.0 Å². The monoisotopic (exact) mass is 583 g/mol. The maximum absolute atomic E-state index is 13.1. The maximum Gasteiger partial charge on any atom is 0.223 e. The molecular formula is C34H43Cl2NO3. The van der Waals surface area contributed by atoms with Crippen LogP contribution in [0.2, 0.25) is 10.0 Å². The summed E-state index contributed by atoms with van der Waals surface area (Å²) in [7, 11) is 0. The van der Waals surface area contributed by atoms with E-state index in [2.05, 4.69) is 55.5 Å². The first kappa shape index (κ1) is 33.3. The van der Waals surface area contributed by atoms with Crippen molar-refractivity contribution in [3.63, 3.8) is 0 Å². The smallest absolute Gasteiger partial charge is 0.223 e. The van der Waals surface area contributed by atoms with Crippen molar-refractivity contribution in [2.24, 2.45) is 0 Å². The van der Waals surface area contributed by atoms with Crippen molar-refractivity contribution in [2.75, 3.05) is 0 Å². The zero-order chi connectivity index (χ0) is 29.0. The normalized spacial score (nSPS) is 12.0. The molecule has 0 heterocycles. The lowest BCUT2D eigenvalue weighted by atomic mass is 10.1. The summed E-state index contributed by atoms with van der Waals surface area (Å²) in [4.78, 5) is 14.9. The van der Waals surface area contributed by atoms with Crippen molar-refractivity contribution in [1.82, 2.24) is 4.90 Å². The number of nitrogens with zero attached hydrogens (tertiary/aromatic N) is 1. The van der Waals surface area contributed by atoms with Gasteiger partial charge in [-0.2, -0.15) is 0 Å². The highest BCUT2D eigenvalue weighted by molar-refractivity contribution is 6.32. The molecule has 4 nitrogen and oxygen atoms in total. The van der Waals surface area contributed by atoms with Crippen LogP contribution in [0.5, 0.6) is 11.5 Å². The number of benzene rings is 2. The topological polar surface area (TPSA) is 60.8 Å². The maximum atomic E-state index is 13.1. The zero-order valence-electron chi connectivity index (χ0n) is 23.6. The molecule has 2 rings (SSSR count). The number of hydrogen-bond donors (Lipinski definition) is 2. The molecule has 40 heavy (non-hydrogen) atoms. The van der Waals surface area contributed by atoms with Crippen LogP contribution in [0.4, 0.5) is 0 Å². The highest BCUT2D eigenvalue weighted by Crippen LogP contribution is 2.27. The lowest BCUT2D eigenvalue weighted by Gasteiger charge is -2.23. The van der Waals surface area contributed by atoms with Gasteiger partial charge < -0.3 is 15.1 Å². The van der Waals surface area contributed by atoms with Gasteiger partial charge in [0.2, 0.25) is 5.91 Å². The van der Waals surface area contributed by atoms with Crippen molar-refractivity contribution in [3.05, 3.63) is 106 Å². The Labute approximate surface area is 250 Å². The standard InChI is InChI=1S/C34H43Cl2NO3/c1-2-3-4-5-6-7-8-9-10-11-12-13-14-15-16-17-18-19-34(40)37(26-28-20-22-32(38)30(35)24-28)27-29-21-23-33(39)31(36)25-29/h6-7,9-10,12-13,15-16,20-25,38-39H,2-5,8,11,14,17-19,26-27H2,1H3. The van der Waals surface area contributed by atoms with E-state index >= 15 is 0 Å². The number of amides is 1. The molecule has 0 fully saturated rings. The molecule has 2 aromatic carbocycles. The lowest BCUT2D eigenvalue weighted by molar-refractivity contribution is -0.132. The van der Waals surface area contributed by atoms with Crippen LogP contribution in [0.1, 0.15) is 82.3 Å². The first-order valence-electron chi connectivity index (χ1n) is 14.2. The molecule has 0 saturated carbocycles. The van der Waals surface area contributed by atoms with Crippen molar-refractivity contribution < 1.29 is 15.0 Å². The summed E-state index contributed by atoms with van der Waals surface area (Å²) >= 11 is 12.1. The van der Waals surface area contributed by atoms with Crippen molar-refractivity contribution in [2.45, 2.75) is 84.2 Å². The lowest BCUT2D eigenvalue weighted by Crippen LogP contribution is -2.29. The fourth-order valence-electron chi connectivity index (χ4n) is 4.06. The summed E-state index contributed by atoms with van der Waals surface area (Å²) in [6.07, 6.45) is 27.4. The summed E-state index contributed by atoms with van der Waals surface area (Å²) in [6.45, 7) is 2.93. The molecule has 1 amide bonds. The number of allylic oxidation sites excluding steroid dienone is 8. The van der Waals surface area contributed by atoms with Crippen molar-refractivity contribution in [1.29, 1.82) is 0 Å². The van der Waals surface area contributed by atoms with Gasteiger partial charge in [-0.3, -0.25) is 4.79 Å². The second-order valence-corrected chi connectivity index (χ2v) is 10.6. The van der Waals surface area contributed by atoms with Gasteiger partial charge in [-0.1, -0.05) is 104 Å². The summed E-state index contributed by atoms with van der Waals surface area (Å²) < 4.78 is 0. The predicted molar refractivity (Wildman–Crippen MR) is 169 cm³/mol. The number of phenolic OH excluding ortho intramolecular Hbond substituents is 2. The second kappa shape index (κ2) is 20.0. The Morgan fingerprint density at radius 3 is 1.60 bits per heavy atom. The minimum absolute atomic E-state index is 0.00706. The van der Waals surface area contributed by atoms with E-state index in [4.69, 9.17) is 23.2 Å². The van der Waals surface area contributed by atoms with Gasteiger partial charge in [0, 0.05) is 19.5 Å². The first-order valence-corrected chi connectivity index (χ1v) is 15.0. The van der Waals surface area contributed by atoms with Crippen LogP contribution < -0.4 is 0 Å². The quantitative estimate of drug-likeness (QED) is 0.135. The molecule has 0 saturated heterocycles. The molecule has 0 spiro atoms. The van der Waals surface area contributed by atoms with Crippen LogP contribution in [0.25, 0.3) is 0 Å². The van der Waals surface area contributed by atoms with Gasteiger partial charge in [0.05, 0.1) is 10.0 Å². The molecule has 0 aliphatic heterocycles. The average molecular weight is 585 g/mol. The third kappa shape index (κ3) is 13.9. The number of unbranched alkanes of at least 4 members (excludes halogenated alkanes) is 4. The number of aromatic hydroxyl groups is 2. The third-order valence-electron chi connectivity index (χ3n) is 6.34. The highest BCUT2D eigenvalue weighted by Gasteiger charge is 2.16. The van der Waals surface area contributed by atoms with Gasteiger partial charge in [0.15, 0.2) is 0 Å². The third-order valence-corrected chi connectivity index (χ3v) is 6.95. The molecule has 2 N–H and O–H groups in total. The molecule has 0 atom stereocenters. The molecule has 6 heteroatoms. The van der Waals surface area contributed by atoms with E-state index in [-0.39, 0.29) is 27.5 Å². The summed E-state index contributed by atoms with van der Waals surface area (Å²) in [5.41, 5.74) is 1.64. The molecule has 0 unspecified atom stereocenters. The summed E-state index contributed by atoms with van der Waals surface area (Å²) in [5, 5.41) is 20.0. The first-order chi connectivity index (χ1) is 19.4. The number of carbonyl (C=O) groups is 1. The van der Waals surface area contributed by atoms with Gasteiger partial charge >= 0.3 is 0 Å². The number of rotatable bonds is 18. The Bertz CT molecular complexity index is 1100. The van der Waals surface area contributed by atoms with E-state index < -0.39 is 0 Å². The van der Waals surface area contributed by atoms with Gasteiger partial charge in [-0.05, 0) is 80.3 Å². The van der Waals surface area contributed by atoms with Crippen molar-refractivity contribution >= 4 is 29.1 Å². The predicted octanol–water partition coefficient (Wildman–Crippen LogP) is 10.1. The molecule has 0 aliphatic carbocycles. The number of carbonyl (C=O) groups excluding carboxylic acids is 1. The highest BCUT2D eigenvalue weighted by atomic mass is 35.5. The van der Waals surface area contributed by atoms with E-state index in [1.807, 2.05) is 0 Å². The SMILES string of the molecule is CCCCCC=CCC=CCC=CCC=CCCCC(=O)N(Cc1ccc(O)c(Cl)c1)Cc1ccc(O)c(Cl)c1. The Balaban J connectivity index is 1.75. The van der Waals surface area contributed by atoms with Crippen LogP contribution in [0.15, 0.2) is 85.0 Å². The summed E-state index contributed by atoms with van der Waals surface area (Å²) in [6, 6.07) is 9.90. The fourth-order valence-corrected chi connectivity index (χ4v) is 4.47. The number of hydrogen-bond acceptors (Lipinski definition) is 3. The number of phenols is 2. The summed E-state index contributed by atoms with van der Waals surface area (Å²) in [5.74, 6) is 0.0320. The van der Waals surface area contributed by atoms with Crippen LogP contribution in [0, 0.1) is 0 Å². The average Bonchev–Trinajstić information content (AvgIpc) is 2.94. The fraction of sp³-hybridized carbons (Fsp3) is 0.382. The largest absolute Gasteiger partial charge is 0.506 e. The van der Waals surface area contributed by atoms with Gasteiger partial charge in [-0.15, -0.1) is 0 Å². The molecule has 0 aromatic heterocycles. The Morgan fingerprint density at radius 1 is 0.700 bits per heavy atom. The molecule has 2 aromatic rings. The molecule has 216 valence electrons. The Morgan fingerprint density at radius 2 is 1.15 bits per heavy atom. The van der Waals surface area contributed by atoms with Gasteiger partial charge in [-0.25, -0.2) is 0 Å². The Kier molecular flexibility index (Phi) is 16.6. The van der Waals surface area contributed by atoms with E-state index in [1.54, 1.807) is 29.2 Å². The second-order valence-electron chi connectivity index (χ2n) is 9.80. The van der Waals surface area contributed by atoms with Crippen molar-refractivity contribution in [3.8, 4) is 11.5 Å². The van der Waals surface area contributed by atoms with E-state index in [9.17, 15) is 15.0 Å². The molecule has 0 aliphatic rings. The molecular weight excluding hydrogens is 541 g/mol. The minimum atomic E-state index is 0.00706. The van der Waals surface area contributed by atoms with Crippen LogP contribution in [0.3, 0.4) is 0 Å². The Hall–Kier alpha value is -2.95. The minimum Gasteiger partial charge on any atom is -0.506 e. The van der Waals surface area contributed by atoms with Crippen LogP contribution >= 0.6 is 23.2 Å². The van der Waals surface area contributed by atoms with Gasteiger partial charge in [0.25, 0.3) is 0 Å². The van der Waals surface area contributed by atoms with Gasteiger partial charge in [0.1, 0.15) is 11.5 Å². The molecule has 0 bridgehead atoms. The zero-order valence-corrected chi connectivity index (χ0v) is 25.1. The van der Waals surface area contributed by atoms with E-state index in [0.29, 0.717) is 19.5 Å². The molecule has 0 radical (unpaired) electrons. The number of halogens is 2. The van der Waals surface area contributed by atoms with E-state index in [1.165, 1.54) is 37.8 Å². The van der Waals surface area contributed by atoms with Crippen LogP contribution in [-0.2, 0) is 17.9 Å².